The average molecular weight is 222 g/mol. The Morgan fingerprint density at radius 1 is 1.57 bits per heavy atom. The molecule has 0 amide bonds. The highest BCUT2D eigenvalue weighted by atomic mass is 35.5. The third-order valence-electron chi connectivity index (χ3n) is 1.93. The quantitative estimate of drug-likeness (QED) is 0.796. The molecule has 1 heterocycles. The summed E-state index contributed by atoms with van der Waals surface area (Å²) in [7, 11) is 0. The van der Waals surface area contributed by atoms with Crippen molar-refractivity contribution in [3.05, 3.63) is 28.6 Å². The first kappa shape index (κ1) is 11.3. The molecule has 1 aromatic heterocycles. The van der Waals surface area contributed by atoms with Crippen LogP contribution in [-0.4, -0.2) is 10.1 Å². The Morgan fingerprint density at radius 2 is 2.21 bits per heavy atom. The number of aliphatic hydroxyl groups excluding tert-OH is 1. The van der Waals surface area contributed by atoms with Gasteiger partial charge in [-0.15, -0.1) is 11.6 Å². The summed E-state index contributed by atoms with van der Waals surface area (Å²) in [5, 5.41) is 8.91. The van der Waals surface area contributed by atoms with E-state index in [2.05, 4.69) is 4.98 Å². The first-order chi connectivity index (χ1) is 6.60. The molecule has 5 heteroatoms. The molecule has 0 bridgehead atoms. The number of pyridine rings is 1. The number of aliphatic hydroxyl groups is 1. The Hall–Kier alpha value is -0.740. The van der Waals surface area contributed by atoms with Gasteiger partial charge in [-0.05, 0) is 18.6 Å². The molecule has 2 nitrogen and oxygen atoms in total. The van der Waals surface area contributed by atoms with Gasteiger partial charge >= 0.3 is 0 Å². The standard InChI is InChI=1S/C9H10ClF2NO/c1-5-2-6(3-10)13-8(9(11)12)7(5)4-14/h2,9,14H,3-4H2,1H3. The number of halogens is 3. The number of hydrogen-bond acceptors (Lipinski definition) is 2. The first-order valence-electron chi connectivity index (χ1n) is 4.04. The van der Waals surface area contributed by atoms with Crippen LogP contribution in [0.25, 0.3) is 0 Å². The van der Waals surface area contributed by atoms with Gasteiger partial charge in [-0.3, -0.25) is 4.98 Å². The van der Waals surface area contributed by atoms with Crippen molar-refractivity contribution in [3.63, 3.8) is 0 Å². The first-order valence-corrected chi connectivity index (χ1v) is 4.57. The van der Waals surface area contributed by atoms with Crippen molar-refractivity contribution < 1.29 is 13.9 Å². The Morgan fingerprint density at radius 3 is 2.64 bits per heavy atom. The van der Waals surface area contributed by atoms with E-state index < -0.39 is 13.0 Å². The molecule has 1 N–H and O–H groups in total. The highest BCUT2D eigenvalue weighted by molar-refractivity contribution is 6.16. The Kier molecular flexibility index (Phi) is 3.77. The molecular formula is C9H10ClF2NO. The van der Waals surface area contributed by atoms with Crippen LogP contribution in [0.4, 0.5) is 8.78 Å². The summed E-state index contributed by atoms with van der Waals surface area (Å²) in [4.78, 5) is 3.68. The molecule has 78 valence electrons. The highest BCUT2D eigenvalue weighted by Crippen LogP contribution is 2.24. The monoisotopic (exact) mass is 221 g/mol. The van der Waals surface area contributed by atoms with Gasteiger partial charge in [0.15, 0.2) is 0 Å². The second kappa shape index (κ2) is 4.66. The molecule has 0 saturated heterocycles. The minimum absolute atomic E-state index is 0.0896. The molecular weight excluding hydrogens is 212 g/mol. The van der Waals surface area contributed by atoms with Crippen LogP contribution in [0, 0.1) is 6.92 Å². The Balaban J connectivity index is 3.28. The summed E-state index contributed by atoms with van der Waals surface area (Å²) >= 11 is 5.50. The number of aromatic nitrogens is 1. The van der Waals surface area contributed by atoms with Gasteiger partial charge in [-0.1, -0.05) is 0 Å². The van der Waals surface area contributed by atoms with E-state index in [1.54, 1.807) is 13.0 Å². The largest absolute Gasteiger partial charge is 0.392 e. The number of nitrogens with zero attached hydrogens (tertiary/aromatic N) is 1. The topological polar surface area (TPSA) is 33.1 Å². The van der Waals surface area contributed by atoms with Crippen LogP contribution in [-0.2, 0) is 12.5 Å². The van der Waals surface area contributed by atoms with Crippen molar-refractivity contribution in [2.24, 2.45) is 0 Å². The number of aryl methyl sites for hydroxylation is 1. The minimum atomic E-state index is -2.68. The molecule has 0 aromatic carbocycles. The molecule has 14 heavy (non-hydrogen) atoms. The summed E-state index contributed by atoms with van der Waals surface area (Å²) in [6.45, 7) is 1.22. The third-order valence-corrected chi connectivity index (χ3v) is 2.21. The van der Waals surface area contributed by atoms with Gasteiger partial charge in [0, 0.05) is 5.56 Å². The predicted octanol–water partition coefficient (Wildman–Crippen LogP) is 2.56. The molecule has 0 aliphatic carbocycles. The normalized spacial score (nSPS) is 11.0. The van der Waals surface area contributed by atoms with Crippen molar-refractivity contribution in [1.82, 2.24) is 4.98 Å². The fourth-order valence-electron chi connectivity index (χ4n) is 1.25. The van der Waals surface area contributed by atoms with Gasteiger partial charge in [-0.25, -0.2) is 8.78 Å². The fourth-order valence-corrected chi connectivity index (χ4v) is 1.39. The van der Waals surface area contributed by atoms with E-state index in [1.807, 2.05) is 0 Å². The van der Waals surface area contributed by atoms with E-state index in [9.17, 15) is 8.78 Å². The molecule has 0 atom stereocenters. The molecule has 0 spiro atoms. The summed E-state index contributed by atoms with van der Waals surface area (Å²) in [6.07, 6.45) is -2.68. The minimum Gasteiger partial charge on any atom is -0.392 e. The van der Waals surface area contributed by atoms with Gasteiger partial charge in [0.1, 0.15) is 5.69 Å². The summed E-state index contributed by atoms with van der Waals surface area (Å²) < 4.78 is 25.0. The zero-order valence-corrected chi connectivity index (χ0v) is 8.35. The average Bonchev–Trinajstić information content (AvgIpc) is 2.16. The summed E-state index contributed by atoms with van der Waals surface area (Å²) in [5.41, 5.74) is 0.808. The van der Waals surface area contributed by atoms with E-state index in [1.165, 1.54) is 0 Å². The molecule has 0 aliphatic heterocycles. The van der Waals surface area contributed by atoms with E-state index in [0.717, 1.165) is 0 Å². The van der Waals surface area contributed by atoms with Gasteiger partial charge in [-0.2, -0.15) is 0 Å². The smallest absolute Gasteiger partial charge is 0.280 e. The SMILES string of the molecule is Cc1cc(CCl)nc(C(F)F)c1CO. The van der Waals surface area contributed by atoms with Crippen molar-refractivity contribution in [3.8, 4) is 0 Å². The maximum absolute atomic E-state index is 12.5. The second-order valence-electron chi connectivity index (χ2n) is 2.89. The van der Waals surface area contributed by atoms with Crippen molar-refractivity contribution in [1.29, 1.82) is 0 Å². The second-order valence-corrected chi connectivity index (χ2v) is 3.15. The lowest BCUT2D eigenvalue weighted by Gasteiger charge is -2.10. The van der Waals surface area contributed by atoms with Crippen LogP contribution < -0.4 is 0 Å². The van der Waals surface area contributed by atoms with Crippen LogP contribution in [0.15, 0.2) is 6.07 Å². The predicted molar refractivity (Wildman–Crippen MR) is 49.4 cm³/mol. The van der Waals surface area contributed by atoms with Crippen LogP contribution in [0.1, 0.15) is 28.9 Å². The van der Waals surface area contributed by atoms with Gasteiger partial charge in [0.2, 0.25) is 0 Å². The molecule has 1 rings (SSSR count). The van der Waals surface area contributed by atoms with Crippen molar-refractivity contribution in [2.45, 2.75) is 25.8 Å². The number of hydrogen-bond donors (Lipinski definition) is 1. The van der Waals surface area contributed by atoms with E-state index in [-0.39, 0.29) is 17.1 Å². The third kappa shape index (κ3) is 2.19. The van der Waals surface area contributed by atoms with Gasteiger partial charge < -0.3 is 5.11 Å². The zero-order valence-electron chi connectivity index (χ0n) is 7.60. The lowest BCUT2D eigenvalue weighted by Crippen LogP contribution is -2.04. The van der Waals surface area contributed by atoms with Gasteiger partial charge in [0.25, 0.3) is 6.43 Å². The molecule has 0 unspecified atom stereocenters. The maximum atomic E-state index is 12.5. The van der Waals surface area contributed by atoms with E-state index in [0.29, 0.717) is 11.3 Å². The van der Waals surface area contributed by atoms with Crippen molar-refractivity contribution >= 4 is 11.6 Å². The lowest BCUT2D eigenvalue weighted by atomic mass is 10.1. The molecule has 0 saturated carbocycles. The van der Waals surface area contributed by atoms with E-state index in [4.69, 9.17) is 16.7 Å². The molecule has 0 aliphatic rings. The highest BCUT2D eigenvalue weighted by Gasteiger charge is 2.17. The molecule has 1 aromatic rings. The van der Waals surface area contributed by atoms with Crippen LogP contribution in [0.2, 0.25) is 0 Å². The van der Waals surface area contributed by atoms with Crippen molar-refractivity contribution in [2.75, 3.05) is 0 Å². The Labute approximate surface area is 85.5 Å². The fraction of sp³-hybridized carbons (Fsp3) is 0.444. The molecule has 0 fully saturated rings. The van der Waals surface area contributed by atoms with Gasteiger partial charge in [0.05, 0.1) is 18.2 Å². The summed E-state index contributed by atoms with van der Waals surface area (Å²) in [6, 6.07) is 1.60. The van der Waals surface area contributed by atoms with Crippen LogP contribution >= 0.6 is 11.6 Å². The molecule has 0 radical (unpaired) electrons. The maximum Gasteiger partial charge on any atom is 0.280 e. The Bertz CT molecular complexity index is 331. The zero-order chi connectivity index (χ0) is 10.7. The lowest BCUT2D eigenvalue weighted by molar-refractivity contribution is 0.141. The van der Waals surface area contributed by atoms with Crippen LogP contribution in [0.3, 0.4) is 0 Å². The number of rotatable bonds is 3. The van der Waals surface area contributed by atoms with Crippen LogP contribution in [0.5, 0.6) is 0 Å². The number of alkyl halides is 3. The van der Waals surface area contributed by atoms with E-state index >= 15 is 0 Å². The summed E-state index contributed by atoms with van der Waals surface area (Å²) in [5.74, 6) is 0.0896.